The maximum atomic E-state index is 13.3. The zero-order valence-corrected chi connectivity index (χ0v) is 19.1. The number of carbonyl (C=O) groups is 2. The van der Waals surface area contributed by atoms with Crippen LogP contribution in [0.2, 0.25) is 0 Å². The molecule has 1 unspecified atom stereocenters. The second-order valence-corrected chi connectivity index (χ2v) is 9.43. The smallest absolute Gasteiger partial charge is 0.282 e. The van der Waals surface area contributed by atoms with Gasteiger partial charge in [0.05, 0.1) is 24.9 Å². The van der Waals surface area contributed by atoms with Gasteiger partial charge >= 0.3 is 0 Å². The number of rotatable bonds is 6. The van der Waals surface area contributed by atoms with Crippen LogP contribution in [0.4, 0.5) is 5.69 Å². The Labute approximate surface area is 174 Å². The summed E-state index contributed by atoms with van der Waals surface area (Å²) in [6.45, 7) is 15.0. The van der Waals surface area contributed by atoms with Gasteiger partial charge in [-0.15, -0.1) is 0 Å². The molecule has 1 aromatic rings. The first-order chi connectivity index (χ1) is 13.3. The molecule has 0 bridgehead atoms. The van der Waals surface area contributed by atoms with E-state index in [1.54, 1.807) is 0 Å². The van der Waals surface area contributed by atoms with Crippen LogP contribution in [-0.4, -0.2) is 49.6 Å². The van der Waals surface area contributed by atoms with Crippen LogP contribution in [0.5, 0.6) is 5.75 Å². The predicted molar refractivity (Wildman–Crippen MR) is 117 cm³/mol. The van der Waals surface area contributed by atoms with Crippen LogP contribution in [0.15, 0.2) is 24.3 Å². The van der Waals surface area contributed by atoms with Gasteiger partial charge in [-0.25, -0.2) is 0 Å². The first-order valence-electron chi connectivity index (χ1n) is 10.3. The normalized spacial score (nSPS) is 16.6. The van der Waals surface area contributed by atoms with E-state index in [4.69, 9.17) is 4.74 Å². The number of hydrogen-bond acceptors (Lipinski definition) is 3. The van der Waals surface area contributed by atoms with Gasteiger partial charge in [-0.1, -0.05) is 6.08 Å². The van der Waals surface area contributed by atoms with Crippen molar-refractivity contribution in [3.8, 4) is 5.75 Å². The summed E-state index contributed by atoms with van der Waals surface area (Å²) in [6, 6.07) is 5.86. The molecule has 1 aromatic carbocycles. The number of nitrogens with one attached hydrogen (secondary N) is 2. The van der Waals surface area contributed by atoms with E-state index in [1.165, 1.54) is 0 Å². The third kappa shape index (κ3) is 5.82. The predicted octanol–water partition coefficient (Wildman–Crippen LogP) is 2.04. The van der Waals surface area contributed by atoms with E-state index in [0.717, 1.165) is 27.5 Å². The molecule has 0 aromatic heterocycles. The van der Waals surface area contributed by atoms with Crippen molar-refractivity contribution in [3.05, 3.63) is 29.8 Å². The Morgan fingerprint density at radius 3 is 2.45 bits per heavy atom. The number of hydrogen-bond donors (Lipinski definition) is 2. The number of fused-ring (bicyclic) bond motifs is 1. The van der Waals surface area contributed by atoms with Crippen molar-refractivity contribution in [2.45, 2.75) is 59.5 Å². The number of amides is 2. The van der Waals surface area contributed by atoms with Gasteiger partial charge in [0.1, 0.15) is 5.75 Å². The molecule has 1 aliphatic heterocycles. The lowest BCUT2D eigenvalue weighted by molar-refractivity contribution is -0.862. The van der Waals surface area contributed by atoms with Crippen molar-refractivity contribution in [1.82, 2.24) is 5.32 Å². The Morgan fingerprint density at radius 1 is 1.21 bits per heavy atom. The molecule has 1 aliphatic rings. The highest BCUT2D eigenvalue weighted by molar-refractivity contribution is 6.01. The summed E-state index contributed by atoms with van der Waals surface area (Å²) in [5.74, 6) is 0.733. The molecule has 0 fully saturated rings. The van der Waals surface area contributed by atoms with Gasteiger partial charge in [0, 0.05) is 11.1 Å². The summed E-state index contributed by atoms with van der Waals surface area (Å²) in [5, 5.41) is 2.95. The SMILES string of the molecule is CCOc1ccc2c(c1)C(C)=CC(C)(C)N2C(=O)C[NH+](C)CC(=O)NC(C)(C)C. The monoisotopic (exact) mass is 402 g/mol. The molecule has 0 saturated carbocycles. The number of benzene rings is 1. The zero-order valence-electron chi connectivity index (χ0n) is 19.1. The van der Waals surface area contributed by atoms with E-state index in [9.17, 15) is 9.59 Å². The largest absolute Gasteiger partial charge is 0.494 e. The van der Waals surface area contributed by atoms with Crippen molar-refractivity contribution in [2.24, 2.45) is 0 Å². The molecule has 0 saturated heterocycles. The number of ether oxygens (including phenoxy) is 1. The molecule has 2 N–H and O–H groups in total. The minimum Gasteiger partial charge on any atom is -0.494 e. The standard InChI is InChI=1S/C23H35N3O3/c1-9-29-17-10-11-19-18(12-17)16(2)13-23(6,7)26(19)21(28)15-25(8)14-20(27)24-22(3,4)5/h10-13H,9,14-15H2,1-8H3,(H,24,27)/p+1. The summed E-state index contributed by atoms with van der Waals surface area (Å²) < 4.78 is 5.64. The molecule has 6 nitrogen and oxygen atoms in total. The number of quaternary nitrogens is 1. The summed E-state index contributed by atoms with van der Waals surface area (Å²) >= 11 is 0. The summed E-state index contributed by atoms with van der Waals surface area (Å²) in [4.78, 5) is 28.2. The zero-order chi connectivity index (χ0) is 22.0. The number of nitrogens with zero attached hydrogens (tertiary/aromatic N) is 1. The van der Waals surface area contributed by atoms with Gasteiger partial charge in [-0.05, 0) is 72.2 Å². The van der Waals surface area contributed by atoms with Crippen LogP contribution in [0.25, 0.3) is 5.57 Å². The number of anilines is 1. The Balaban J connectivity index is 2.22. The molecule has 2 amide bonds. The maximum absolute atomic E-state index is 13.3. The van der Waals surface area contributed by atoms with Crippen molar-refractivity contribution >= 4 is 23.1 Å². The first kappa shape index (κ1) is 22.9. The lowest BCUT2D eigenvalue weighted by Gasteiger charge is -2.41. The minimum absolute atomic E-state index is 0.00906. The average molecular weight is 403 g/mol. The lowest BCUT2D eigenvalue weighted by Crippen LogP contribution is -3.11. The van der Waals surface area contributed by atoms with Crippen LogP contribution in [0.3, 0.4) is 0 Å². The van der Waals surface area contributed by atoms with Gasteiger partial charge in [-0.3, -0.25) is 14.5 Å². The van der Waals surface area contributed by atoms with Gasteiger partial charge < -0.3 is 15.0 Å². The highest BCUT2D eigenvalue weighted by Crippen LogP contribution is 2.40. The van der Waals surface area contributed by atoms with Crippen molar-refractivity contribution in [3.63, 3.8) is 0 Å². The van der Waals surface area contributed by atoms with Crippen LogP contribution in [0, 0.1) is 0 Å². The second kappa shape index (κ2) is 8.57. The van der Waals surface area contributed by atoms with Crippen molar-refractivity contribution < 1.29 is 19.2 Å². The van der Waals surface area contributed by atoms with Crippen molar-refractivity contribution in [1.29, 1.82) is 0 Å². The van der Waals surface area contributed by atoms with Gasteiger partial charge in [0.15, 0.2) is 13.1 Å². The summed E-state index contributed by atoms with van der Waals surface area (Å²) in [7, 11) is 1.87. The quantitative estimate of drug-likeness (QED) is 0.766. The lowest BCUT2D eigenvalue weighted by atomic mass is 9.88. The van der Waals surface area contributed by atoms with E-state index < -0.39 is 5.54 Å². The molecule has 160 valence electrons. The number of carbonyl (C=O) groups excluding carboxylic acids is 2. The molecular formula is C23H36N3O3+. The van der Waals surface area contributed by atoms with E-state index in [1.807, 2.05) is 71.7 Å². The highest BCUT2D eigenvalue weighted by atomic mass is 16.5. The fourth-order valence-corrected chi connectivity index (χ4v) is 3.86. The Kier molecular flexibility index (Phi) is 6.78. The topological polar surface area (TPSA) is 63.1 Å². The molecule has 1 atom stereocenters. The van der Waals surface area contributed by atoms with Gasteiger partial charge in [-0.2, -0.15) is 0 Å². The Hall–Kier alpha value is -2.34. The molecular weight excluding hydrogens is 366 g/mol. The fraction of sp³-hybridized carbons (Fsp3) is 0.565. The van der Waals surface area contributed by atoms with E-state index >= 15 is 0 Å². The van der Waals surface area contributed by atoms with E-state index in [2.05, 4.69) is 18.3 Å². The average Bonchev–Trinajstić information content (AvgIpc) is 2.52. The summed E-state index contributed by atoms with van der Waals surface area (Å²) in [5.41, 5.74) is 2.29. The van der Waals surface area contributed by atoms with E-state index in [0.29, 0.717) is 6.61 Å². The number of likely N-dealkylation sites (N-methyl/N-ethyl adjacent to an activating group) is 1. The minimum atomic E-state index is -0.449. The Morgan fingerprint density at radius 2 is 1.86 bits per heavy atom. The number of allylic oxidation sites excluding steroid dienone is 1. The highest BCUT2D eigenvalue weighted by Gasteiger charge is 2.37. The third-order valence-electron chi connectivity index (χ3n) is 4.77. The molecule has 1 heterocycles. The first-order valence-corrected chi connectivity index (χ1v) is 10.3. The second-order valence-electron chi connectivity index (χ2n) is 9.43. The molecule has 0 radical (unpaired) electrons. The van der Waals surface area contributed by atoms with Crippen LogP contribution in [0.1, 0.15) is 54.0 Å². The molecule has 0 spiro atoms. The van der Waals surface area contributed by atoms with Gasteiger partial charge in [0.25, 0.3) is 11.8 Å². The van der Waals surface area contributed by atoms with Crippen LogP contribution in [-0.2, 0) is 9.59 Å². The van der Waals surface area contributed by atoms with Crippen LogP contribution < -0.4 is 19.9 Å². The van der Waals surface area contributed by atoms with Crippen LogP contribution >= 0.6 is 0 Å². The molecule has 0 aliphatic carbocycles. The Bertz CT molecular complexity index is 806. The van der Waals surface area contributed by atoms with Crippen molar-refractivity contribution in [2.75, 3.05) is 31.6 Å². The molecule has 29 heavy (non-hydrogen) atoms. The fourth-order valence-electron chi connectivity index (χ4n) is 3.86. The van der Waals surface area contributed by atoms with E-state index in [-0.39, 0.29) is 30.4 Å². The molecule has 2 rings (SSSR count). The summed E-state index contributed by atoms with van der Waals surface area (Å²) in [6.07, 6.45) is 2.12. The maximum Gasteiger partial charge on any atom is 0.282 e. The van der Waals surface area contributed by atoms with Gasteiger partial charge in [0.2, 0.25) is 0 Å². The molecule has 6 heteroatoms. The third-order valence-corrected chi connectivity index (χ3v) is 4.77.